The number of aliphatic hydroxyl groups excluding tert-OH is 1. The van der Waals surface area contributed by atoms with Gasteiger partial charge in [-0.25, -0.2) is 14.8 Å². The summed E-state index contributed by atoms with van der Waals surface area (Å²) in [6.45, 7) is 4.15. The van der Waals surface area contributed by atoms with E-state index in [2.05, 4.69) is 20.6 Å². The van der Waals surface area contributed by atoms with Crippen molar-refractivity contribution in [2.75, 3.05) is 40.6 Å². The number of hydrogen-bond acceptors (Lipinski definition) is 11. The first kappa shape index (κ1) is 44.6. The van der Waals surface area contributed by atoms with Crippen molar-refractivity contribution in [3.05, 3.63) is 70.5 Å². The molecule has 4 aromatic rings. The van der Waals surface area contributed by atoms with Crippen LogP contribution in [-0.4, -0.2) is 124 Å². The Kier molecular flexibility index (Phi) is 13.3. The lowest BCUT2D eigenvalue weighted by molar-refractivity contribution is -0.149. The van der Waals surface area contributed by atoms with Gasteiger partial charge in [-0.1, -0.05) is 71.7 Å². The molecule has 5 aliphatic rings. The average molecular weight is 920 g/mol. The third-order valence-corrected chi connectivity index (χ3v) is 14.3. The summed E-state index contributed by atoms with van der Waals surface area (Å²) in [5.41, 5.74) is 4.81. The Morgan fingerprint density at radius 2 is 1.28 bits per heavy atom. The number of halogens is 2. The number of nitrogens with zero attached hydrogens (tertiary/aromatic N) is 4. The molecule has 16 nitrogen and oxygen atoms in total. The van der Waals surface area contributed by atoms with Crippen molar-refractivity contribution in [1.29, 1.82) is 0 Å². The number of benzene rings is 2. The van der Waals surface area contributed by atoms with Gasteiger partial charge in [-0.15, -0.1) is 0 Å². The molecule has 2 aromatic carbocycles. The number of hydrogen-bond donors (Lipinski definition) is 5. The average Bonchev–Trinajstić information content (AvgIpc) is 3.63. The van der Waals surface area contributed by atoms with Crippen molar-refractivity contribution in [1.82, 2.24) is 40.4 Å². The van der Waals surface area contributed by atoms with Crippen LogP contribution in [0, 0.1) is 17.8 Å². The predicted molar refractivity (Wildman–Crippen MR) is 238 cm³/mol. The van der Waals surface area contributed by atoms with Gasteiger partial charge in [-0.3, -0.25) is 14.9 Å². The van der Waals surface area contributed by atoms with Crippen LogP contribution in [0.2, 0.25) is 10.3 Å². The van der Waals surface area contributed by atoms with E-state index in [4.69, 9.17) is 52.1 Å². The minimum absolute atomic E-state index is 0.0489. The van der Waals surface area contributed by atoms with Crippen molar-refractivity contribution >= 4 is 41.1 Å². The molecule has 10 atom stereocenters. The van der Waals surface area contributed by atoms with Gasteiger partial charge >= 0.3 is 6.09 Å². The Morgan fingerprint density at radius 3 is 1.81 bits per heavy atom. The molecule has 0 radical (unpaired) electrons. The van der Waals surface area contributed by atoms with Crippen LogP contribution in [0.5, 0.6) is 0 Å². The SMILES string of the molecule is COC(=O)N[C@H](C(=O)N1C2C[C@@H]2C[C@H]1c1nc(-c2ccc(-c3ccc(-c4nc([C@@H]5CC[C@@H](C)N5C(=O)[C@@H](NC(O)OC)[C@H]5CCCOC5)[nH]c4Cl)cc3)cc2)c(Cl)[nH]1)[C@H]1CCCOC1. The molecule has 64 heavy (non-hydrogen) atoms. The highest BCUT2D eigenvalue weighted by Crippen LogP contribution is 2.54. The van der Waals surface area contributed by atoms with Crippen molar-refractivity contribution < 1.29 is 38.4 Å². The lowest BCUT2D eigenvalue weighted by Gasteiger charge is -2.37. The zero-order valence-electron chi connectivity index (χ0n) is 36.2. The number of nitrogens with one attached hydrogen (secondary N) is 4. The highest BCUT2D eigenvalue weighted by molar-refractivity contribution is 6.32. The monoisotopic (exact) mass is 918 g/mol. The van der Waals surface area contributed by atoms with Crippen LogP contribution < -0.4 is 10.6 Å². The molecule has 6 heterocycles. The second-order valence-electron chi connectivity index (χ2n) is 17.8. The molecule has 342 valence electrons. The molecule has 4 aliphatic heterocycles. The molecule has 5 N–H and O–H groups in total. The molecule has 0 bridgehead atoms. The summed E-state index contributed by atoms with van der Waals surface area (Å²) >= 11 is 13.6. The fourth-order valence-electron chi connectivity index (χ4n) is 10.3. The van der Waals surface area contributed by atoms with Gasteiger partial charge in [0.1, 0.15) is 39.4 Å². The Labute approximate surface area is 382 Å². The second kappa shape index (κ2) is 19.1. The van der Waals surface area contributed by atoms with Gasteiger partial charge in [0.05, 0.1) is 38.4 Å². The molecule has 2 unspecified atom stereocenters. The fourth-order valence-corrected chi connectivity index (χ4v) is 10.8. The van der Waals surface area contributed by atoms with E-state index in [1.807, 2.05) is 65.3 Å². The van der Waals surface area contributed by atoms with Crippen molar-refractivity contribution in [3.63, 3.8) is 0 Å². The number of rotatable bonds is 13. The zero-order chi connectivity index (χ0) is 44.6. The largest absolute Gasteiger partial charge is 0.453 e. The van der Waals surface area contributed by atoms with Crippen LogP contribution in [0.15, 0.2) is 48.5 Å². The normalized spacial score (nSPS) is 26.9. The quantitative estimate of drug-likeness (QED) is 0.0906. The van der Waals surface area contributed by atoms with Crippen LogP contribution in [-0.2, 0) is 28.5 Å². The summed E-state index contributed by atoms with van der Waals surface area (Å²) in [5.74, 6) is 1.06. The summed E-state index contributed by atoms with van der Waals surface area (Å²) in [5, 5.41) is 16.9. The van der Waals surface area contributed by atoms with Gasteiger partial charge in [0, 0.05) is 55.4 Å². The van der Waals surface area contributed by atoms with Gasteiger partial charge in [0.25, 0.3) is 0 Å². The third kappa shape index (κ3) is 9.02. The number of imidazole rings is 2. The number of ether oxygens (including phenoxy) is 4. The number of aliphatic hydroxyl groups is 1. The van der Waals surface area contributed by atoms with Crippen LogP contribution in [0.3, 0.4) is 0 Å². The smallest absolute Gasteiger partial charge is 0.407 e. The Morgan fingerprint density at radius 1 is 0.750 bits per heavy atom. The molecule has 1 aliphatic carbocycles. The number of aromatic nitrogens is 4. The molecule has 3 amide bonds. The highest BCUT2D eigenvalue weighted by atomic mass is 35.5. The zero-order valence-corrected chi connectivity index (χ0v) is 37.7. The maximum atomic E-state index is 14.3. The van der Waals surface area contributed by atoms with Gasteiger partial charge in [0.2, 0.25) is 18.2 Å². The number of aromatic amines is 2. The van der Waals surface area contributed by atoms with Crippen LogP contribution in [0.1, 0.15) is 82.0 Å². The molecular formula is C46H56Cl2N8O8. The Balaban J connectivity index is 0.887. The van der Waals surface area contributed by atoms with Crippen molar-refractivity contribution in [3.8, 4) is 33.6 Å². The van der Waals surface area contributed by atoms with Crippen LogP contribution in [0.25, 0.3) is 33.6 Å². The lowest BCUT2D eigenvalue weighted by atomic mass is 9.92. The first-order valence-corrected chi connectivity index (χ1v) is 23.1. The number of likely N-dealkylation sites (tertiary alicyclic amines) is 2. The van der Waals surface area contributed by atoms with E-state index in [0.29, 0.717) is 72.1 Å². The topological polar surface area (TPSA) is 196 Å². The molecule has 5 fully saturated rings. The standard InChI is InChI=1S/C46H56Cl2N8O8/c1-24-8-17-32(55(24)43(57)37(51-45(59)61-2)29-6-4-18-63-22-29)41-49-35(39(47)53-41)27-13-9-25(10-14-27)26-11-15-28(16-12-26)36-40(48)54-42(50-36)34-21-31-20-33(31)56(34)44(58)38(52-46(60)62-3)30-7-5-19-64-23-30/h9-16,24,29-34,37-38,45,51,59H,4-8,17-23H2,1-3H3,(H,49,53)(H,50,54)(H,52,60)/t24-,29+,30+,31-,32+,33?,34+,37+,38+,45?/m1/s1. The van der Waals surface area contributed by atoms with E-state index in [1.54, 1.807) is 0 Å². The van der Waals surface area contributed by atoms with Crippen LogP contribution in [0.4, 0.5) is 4.79 Å². The summed E-state index contributed by atoms with van der Waals surface area (Å²) < 4.78 is 21.4. The molecule has 9 rings (SSSR count). The minimum Gasteiger partial charge on any atom is -0.453 e. The van der Waals surface area contributed by atoms with Crippen molar-refractivity contribution in [2.45, 2.75) is 101 Å². The number of carbonyl (C=O) groups is 3. The highest BCUT2D eigenvalue weighted by Gasteiger charge is 2.57. The van der Waals surface area contributed by atoms with E-state index in [9.17, 15) is 19.5 Å². The van der Waals surface area contributed by atoms with E-state index < -0.39 is 24.6 Å². The Bertz CT molecular complexity index is 2300. The van der Waals surface area contributed by atoms with Crippen LogP contribution >= 0.6 is 23.2 Å². The number of amides is 3. The molecule has 1 saturated carbocycles. The minimum atomic E-state index is -1.29. The lowest BCUT2D eigenvalue weighted by Crippen LogP contribution is -2.56. The van der Waals surface area contributed by atoms with Gasteiger partial charge < -0.3 is 49.1 Å². The molecule has 0 spiro atoms. The van der Waals surface area contributed by atoms with E-state index in [0.717, 1.165) is 67.2 Å². The maximum Gasteiger partial charge on any atom is 0.407 e. The molecule has 4 saturated heterocycles. The number of fused-ring (bicyclic) bond motifs is 1. The molecule has 2 aromatic heterocycles. The van der Waals surface area contributed by atoms with E-state index >= 15 is 0 Å². The van der Waals surface area contributed by atoms with Gasteiger partial charge in [-0.05, 0) is 75.3 Å². The van der Waals surface area contributed by atoms with Gasteiger partial charge in [0.15, 0.2) is 0 Å². The Hall–Kier alpha value is -4.55. The van der Waals surface area contributed by atoms with Gasteiger partial charge in [-0.2, -0.15) is 0 Å². The van der Waals surface area contributed by atoms with Crippen molar-refractivity contribution in [2.24, 2.45) is 17.8 Å². The fraction of sp³-hybridized carbons (Fsp3) is 0.543. The van der Waals surface area contributed by atoms with E-state index in [1.165, 1.54) is 14.2 Å². The first-order chi connectivity index (χ1) is 31.0. The first-order valence-electron chi connectivity index (χ1n) is 22.4. The summed E-state index contributed by atoms with van der Waals surface area (Å²) in [4.78, 5) is 61.1. The van der Waals surface area contributed by atoms with E-state index in [-0.39, 0.29) is 47.8 Å². The molecule has 18 heteroatoms. The molecular weight excluding hydrogens is 863 g/mol. The summed E-state index contributed by atoms with van der Waals surface area (Å²) in [6.07, 6.45) is 4.49. The number of alkyl carbamates (subject to hydrolysis) is 1. The predicted octanol–water partition coefficient (Wildman–Crippen LogP) is 6.61. The number of methoxy groups -OCH3 is 2. The second-order valence-corrected chi connectivity index (χ2v) is 18.5. The third-order valence-electron chi connectivity index (χ3n) is 13.8. The number of piperidine rings is 1. The number of carbonyl (C=O) groups excluding carboxylic acids is 3. The summed E-state index contributed by atoms with van der Waals surface area (Å²) in [6, 6.07) is 13.9. The summed E-state index contributed by atoms with van der Waals surface area (Å²) in [7, 11) is 2.68. The maximum absolute atomic E-state index is 14.3. The number of H-pyrrole nitrogens is 2.